The maximum absolute atomic E-state index is 6.24. The predicted octanol–water partition coefficient (Wildman–Crippen LogP) is 6.18. The molecule has 2 aromatic carbocycles. The van der Waals surface area contributed by atoms with Gasteiger partial charge in [0.1, 0.15) is 5.82 Å². The van der Waals surface area contributed by atoms with Gasteiger partial charge in [0.15, 0.2) is 5.65 Å². The molecular formula is C26H26ClN5. The lowest BCUT2D eigenvalue weighted by molar-refractivity contribution is 0.0691. The average molecular weight is 444 g/mol. The van der Waals surface area contributed by atoms with Crippen LogP contribution in [0.1, 0.15) is 37.4 Å². The summed E-state index contributed by atoms with van der Waals surface area (Å²) in [6, 6.07) is 18.4. The van der Waals surface area contributed by atoms with Crippen molar-refractivity contribution in [3.05, 3.63) is 70.9 Å². The van der Waals surface area contributed by atoms with Crippen molar-refractivity contribution < 1.29 is 0 Å². The second-order valence-corrected chi connectivity index (χ2v) is 9.57. The van der Waals surface area contributed by atoms with Crippen molar-refractivity contribution in [2.24, 2.45) is 0 Å². The molecule has 1 unspecified atom stereocenters. The van der Waals surface area contributed by atoms with E-state index >= 15 is 0 Å². The highest BCUT2D eigenvalue weighted by Gasteiger charge is 2.40. The summed E-state index contributed by atoms with van der Waals surface area (Å²) in [5.41, 5.74) is 6.43. The number of aromatic nitrogens is 3. The number of rotatable bonds is 2. The summed E-state index contributed by atoms with van der Waals surface area (Å²) in [5.74, 6) is 0.972. The number of benzene rings is 2. The Hall–Kier alpha value is -2.89. The molecule has 0 amide bonds. The van der Waals surface area contributed by atoms with Gasteiger partial charge in [0, 0.05) is 29.2 Å². The highest BCUT2D eigenvalue weighted by Crippen LogP contribution is 2.44. The van der Waals surface area contributed by atoms with Crippen LogP contribution in [0.5, 0.6) is 0 Å². The molecule has 1 saturated heterocycles. The van der Waals surface area contributed by atoms with Crippen LogP contribution in [-0.4, -0.2) is 31.9 Å². The van der Waals surface area contributed by atoms with Gasteiger partial charge in [0.05, 0.1) is 22.4 Å². The van der Waals surface area contributed by atoms with Crippen molar-refractivity contribution in [2.45, 2.75) is 45.3 Å². The molecule has 2 aliphatic rings. The molecular weight excluding hydrogens is 418 g/mol. The summed E-state index contributed by atoms with van der Waals surface area (Å²) in [4.78, 5) is 7.76. The number of hydrogen-bond acceptors (Lipinski definition) is 4. The van der Waals surface area contributed by atoms with Gasteiger partial charge in [0.25, 0.3) is 0 Å². The van der Waals surface area contributed by atoms with E-state index in [4.69, 9.17) is 21.7 Å². The van der Waals surface area contributed by atoms with Crippen LogP contribution >= 0.6 is 11.6 Å². The van der Waals surface area contributed by atoms with Gasteiger partial charge in [-0.25, -0.2) is 9.67 Å². The number of piperidine rings is 1. The number of fused-ring (bicyclic) bond motifs is 3. The first kappa shape index (κ1) is 19.8. The number of nitrogens with one attached hydrogen (secondary N) is 1. The van der Waals surface area contributed by atoms with Crippen LogP contribution in [-0.2, 0) is 6.54 Å². The Bertz CT molecular complexity index is 1310. The fraction of sp³-hybridized carbons (Fsp3) is 0.308. The smallest absolute Gasteiger partial charge is 0.166 e. The number of para-hydroxylation sites is 1. The van der Waals surface area contributed by atoms with Gasteiger partial charge in [-0.2, -0.15) is 5.10 Å². The minimum absolute atomic E-state index is 0.0597. The number of anilines is 1. The van der Waals surface area contributed by atoms with Gasteiger partial charge in [-0.3, -0.25) is 4.90 Å². The van der Waals surface area contributed by atoms with Crippen molar-refractivity contribution in [1.29, 1.82) is 0 Å². The molecule has 162 valence electrons. The molecule has 4 heterocycles. The average Bonchev–Trinajstić information content (AvgIpc) is 3.13. The SMILES string of the molecule is Cc1nn(-c2ccccc2)c2nc3c(c(-c4ccc(Cl)cc4)c12)CN1CCCCC1(C)N3. The van der Waals surface area contributed by atoms with Crippen LogP contribution in [0.4, 0.5) is 5.82 Å². The largest absolute Gasteiger partial charge is 0.352 e. The Balaban J connectivity index is 1.66. The quantitative estimate of drug-likeness (QED) is 0.402. The minimum atomic E-state index is -0.0597. The zero-order valence-electron chi connectivity index (χ0n) is 18.4. The second kappa shape index (κ2) is 7.32. The second-order valence-electron chi connectivity index (χ2n) is 9.13. The normalized spacial score (nSPS) is 20.6. The number of nitrogens with zero attached hydrogens (tertiary/aromatic N) is 4. The van der Waals surface area contributed by atoms with Crippen molar-refractivity contribution >= 4 is 28.5 Å². The van der Waals surface area contributed by atoms with Crippen LogP contribution in [0.25, 0.3) is 27.8 Å². The van der Waals surface area contributed by atoms with Crippen molar-refractivity contribution in [2.75, 3.05) is 11.9 Å². The molecule has 1 N–H and O–H groups in total. The molecule has 1 fully saturated rings. The molecule has 6 rings (SSSR count). The van der Waals surface area contributed by atoms with E-state index in [2.05, 4.69) is 48.3 Å². The first-order chi connectivity index (χ1) is 15.5. The molecule has 0 spiro atoms. The van der Waals surface area contributed by atoms with Crippen LogP contribution in [0.2, 0.25) is 5.02 Å². The van der Waals surface area contributed by atoms with E-state index < -0.39 is 0 Å². The standard InChI is InChI=1S/C26H26ClN5/c1-17-22-23(18-10-12-19(27)13-11-18)21-16-31-15-7-6-14-26(31,2)29-24(21)28-25(22)32(30-17)20-8-4-3-5-9-20/h3-5,8-13H,6-7,14-16H2,1-2H3,(H,28,29). The number of hydrogen-bond donors (Lipinski definition) is 1. The predicted molar refractivity (Wildman–Crippen MR) is 130 cm³/mol. The van der Waals surface area contributed by atoms with E-state index in [0.29, 0.717) is 0 Å². The summed E-state index contributed by atoms with van der Waals surface area (Å²) >= 11 is 6.24. The number of pyridine rings is 1. The molecule has 4 aromatic rings. The lowest BCUT2D eigenvalue weighted by Crippen LogP contribution is -2.57. The Morgan fingerprint density at radius 2 is 1.81 bits per heavy atom. The van der Waals surface area contributed by atoms with Gasteiger partial charge in [-0.05, 0) is 62.9 Å². The lowest BCUT2D eigenvalue weighted by Gasteiger charge is -2.49. The molecule has 1 atom stereocenters. The Kier molecular flexibility index (Phi) is 4.52. The topological polar surface area (TPSA) is 46.0 Å². The Labute approximate surface area is 193 Å². The van der Waals surface area contributed by atoms with Crippen molar-refractivity contribution in [3.8, 4) is 16.8 Å². The first-order valence-electron chi connectivity index (χ1n) is 11.3. The van der Waals surface area contributed by atoms with E-state index in [1.165, 1.54) is 24.0 Å². The molecule has 0 radical (unpaired) electrons. The molecule has 2 aliphatic heterocycles. The maximum Gasteiger partial charge on any atom is 0.166 e. The lowest BCUT2D eigenvalue weighted by atomic mass is 9.89. The Morgan fingerprint density at radius 1 is 1.03 bits per heavy atom. The molecule has 0 aliphatic carbocycles. The summed E-state index contributed by atoms with van der Waals surface area (Å²) in [6.07, 6.45) is 3.60. The third kappa shape index (κ3) is 3.03. The molecule has 2 aromatic heterocycles. The summed E-state index contributed by atoms with van der Waals surface area (Å²) < 4.78 is 1.97. The fourth-order valence-corrected chi connectivity index (χ4v) is 5.44. The first-order valence-corrected chi connectivity index (χ1v) is 11.7. The molecule has 0 saturated carbocycles. The molecule has 32 heavy (non-hydrogen) atoms. The van der Waals surface area contributed by atoms with Gasteiger partial charge in [-0.15, -0.1) is 0 Å². The van der Waals surface area contributed by atoms with Crippen LogP contribution in [0, 0.1) is 6.92 Å². The zero-order valence-corrected chi connectivity index (χ0v) is 19.2. The van der Waals surface area contributed by atoms with E-state index in [-0.39, 0.29) is 5.66 Å². The van der Waals surface area contributed by atoms with Gasteiger partial charge in [0.2, 0.25) is 0 Å². The van der Waals surface area contributed by atoms with E-state index in [1.54, 1.807) is 0 Å². The van der Waals surface area contributed by atoms with Crippen LogP contribution in [0.15, 0.2) is 54.6 Å². The third-order valence-corrected chi connectivity index (χ3v) is 7.25. The van der Waals surface area contributed by atoms with Crippen LogP contribution < -0.4 is 5.32 Å². The number of halogens is 1. The Morgan fingerprint density at radius 3 is 2.59 bits per heavy atom. The van der Waals surface area contributed by atoms with Crippen LogP contribution in [0.3, 0.4) is 0 Å². The molecule has 6 heteroatoms. The zero-order chi connectivity index (χ0) is 21.9. The van der Waals surface area contributed by atoms with E-state index in [0.717, 1.165) is 58.3 Å². The van der Waals surface area contributed by atoms with Gasteiger partial charge in [-0.1, -0.05) is 41.9 Å². The van der Waals surface area contributed by atoms with E-state index in [9.17, 15) is 0 Å². The summed E-state index contributed by atoms with van der Waals surface area (Å²) in [7, 11) is 0. The van der Waals surface area contributed by atoms with Gasteiger partial charge >= 0.3 is 0 Å². The third-order valence-electron chi connectivity index (χ3n) is 7.00. The monoisotopic (exact) mass is 443 g/mol. The molecule has 5 nitrogen and oxygen atoms in total. The fourth-order valence-electron chi connectivity index (χ4n) is 5.31. The molecule has 0 bridgehead atoms. The highest BCUT2D eigenvalue weighted by molar-refractivity contribution is 6.30. The van der Waals surface area contributed by atoms with E-state index in [1.807, 2.05) is 35.0 Å². The number of aryl methyl sites for hydroxylation is 1. The van der Waals surface area contributed by atoms with Gasteiger partial charge < -0.3 is 5.32 Å². The minimum Gasteiger partial charge on any atom is -0.352 e. The van der Waals surface area contributed by atoms with Crippen molar-refractivity contribution in [1.82, 2.24) is 19.7 Å². The van der Waals surface area contributed by atoms with Crippen molar-refractivity contribution in [3.63, 3.8) is 0 Å². The maximum atomic E-state index is 6.24. The summed E-state index contributed by atoms with van der Waals surface area (Å²) in [5, 5.41) is 10.6. The highest BCUT2D eigenvalue weighted by atomic mass is 35.5. The summed E-state index contributed by atoms with van der Waals surface area (Å²) in [6.45, 7) is 6.37.